The van der Waals surface area contributed by atoms with Crippen LogP contribution >= 0.6 is 23.2 Å². The molecule has 11 heteroatoms. The predicted molar refractivity (Wildman–Crippen MR) is 134 cm³/mol. The number of β-amino-alcohol motifs (C(OH)–C–C–N with tert-alkyl or cyclic N) is 1. The van der Waals surface area contributed by atoms with Crippen LogP contribution in [0.4, 0.5) is 26.7 Å². The lowest BCUT2D eigenvalue weighted by Gasteiger charge is -2.45. The minimum Gasteiger partial charge on any atom is -0.389 e. The van der Waals surface area contributed by atoms with E-state index >= 15 is 0 Å². The molecular weight excluding hydrogens is 493 g/mol. The lowest BCUT2D eigenvalue weighted by atomic mass is 9.79. The molecule has 1 atom stereocenters. The summed E-state index contributed by atoms with van der Waals surface area (Å²) in [6, 6.07) is 10.6. The van der Waals surface area contributed by atoms with E-state index in [-0.39, 0.29) is 31.0 Å². The summed E-state index contributed by atoms with van der Waals surface area (Å²) < 4.78 is 0. The van der Waals surface area contributed by atoms with Gasteiger partial charge in [0.25, 0.3) is 0 Å². The molecular formula is C24H25Cl2N5O4. The average Bonchev–Trinajstić information content (AvgIpc) is 3.24. The monoisotopic (exact) mass is 517 g/mol. The van der Waals surface area contributed by atoms with E-state index in [0.29, 0.717) is 27.1 Å². The second-order valence-corrected chi connectivity index (χ2v) is 9.91. The standard InChI is InChI=1S/C24H25Cl2N5O4/c25-15-3-5-16(6-4-15)27-23(34)29-12-19(32)13-30(29)24(35)28-17-7-10-21(20(26)11-17)31-18-8-1-14(2-9-18)22(31)33/h3-7,10-11,14,18-19,32H,1-2,8-9,12-13H2,(H,27,34)(H,28,35). The molecule has 1 unspecified atom stereocenters. The second-order valence-electron chi connectivity index (χ2n) is 9.07. The van der Waals surface area contributed by atoms with Crippen LogP contribution in [-0.4, -0.2) is 58.3 Å². The molecule has 4 aliphatic rings. The van der Waals surface area contributed by atoms with Crippen LogP contribution in [0.2, 0.25) is 10.0 Å². The van der Waals surface area contributed by atoms with Crippen LogP contribution in [0.3, 0.4) is 0 Å². The molecule has 6 rings (SSSR count). The Morgan fingerprint density at radius 1 is 0.857 bits per heavy atom. The van der Waals surface area contributed by atoms with Crippen molar-refractivity contribution in [3.8, 4) is 0 Å². The third-order valence-electron chi connectivity index (χ3n) is 6.73. The fourth-order valence-corrected chi connectivity index (χ4v) is 5.40. The lowest BCUT2D eigenvalue weighted by Crippen LogP contribution is -2.52. The van der Waals surface area contributed by atoms with Crippen LogP contribution in [-0.2, 0) is 4.79 Å². The number of urea groups is 2. The Morgan fingerprint density at radius 3 is 2.00 bits per heavy atom. The number of rotatable bonds is 3. The van der Waals surface area contributed by atoms with Crippen LogP contribution in [0.15, 0.2) is 42.5 Å². The Hall–Kier alpha value is -3.01. The van der Waals surface area contributed by atoms with Crippen molar-refractivity contribution in [2.75, 3.05) is 28.6 Å². The minimum atomic E-state index is -0.886. The highest BCUT2D eigenvalue weighted by atomic mass is 35.5. The fraction of sp³-hybridized carbons (Fsp3) is 0.375. The highest BCUT2D eigenvalue weighted by Gasteiger charge is 2.41. The number of amides is 5. The first-order valence-electron chi connectivity index (χ1n) is 11.5. The maximum absolute atomic E-state index is 13.0. The maximum Gasteiger partial charge on any atom is 0.340 e. The number of benzene rings is 2. The van der Waals surface area contributed by atoms with E-state index in [1.807, 2.05) is 0 Å². The van der Waals surface area contributed by atoms with Crippen molar-refractivity contribution >= 4 is 58.2 Å². The Balaban J connectivity index is 1.27. The maximum atomic E-state index is 13.0. The third-order valence-corrected chi connectivity index (χ3v) is 7.28. The Kier molecular flexibility index (Phi) is 6.48. The van der Waals surface area contributed by atoms with Gasteiger partial charge in [0.1, 0.15) is 0 Å². The Morgan fingerprint density at radius 2 is 1.43 bits per heavy atom. The van der Waals surface area contributed by atoms with Crippen molar-refractivity contribution in [2.45, 2.75) is 37.8 Å². The van der Waals surface area contributed by atoms with E-state index in [1.165, 1.54) is 0 Å². The van der Waals surface area contributed by atoms with E-state index in [4.69, 9.17) is 23.2 Å². The summed E-state index contributed by atoms with van der Waals surface area (Å²) in [4.78, 5) is 40.3. The van der Waals surface area contributed by atoms with E-state index in [0.717, 1.165) is 35.7 Å². The molecule has 0 radical (unpaired) electrons. The normalized spacial score (nSPS) is 23.6. The molecule has 2 aromatic rings. The molecule has 5 amide bonds. The van der Waals surface area contributed by atoms with Gasteiger partial charge in [-0.25, -0.2) is 19.6 Å². The summed E-state index contributed by atoms with van der Waals surface area (Å²) in [5.74, 6) is 0.168. The molecule has 0 aromatic heterocycles. The number of nitrogens with one attached hydrogen (secondary N) is 2. The number of fused-ring (bicyclic) bond motifs is 3. The number of hydrogen-bond donors (Lipinski definition) is 3. The zero-order chi connectivity index (χ0) is 24.7. The SMILES string of the molecule is O=C1C2CCC(CC2)N1c1ccc(NC(=O)N2CC(O)CN2C(=O)Nc2ccc(Cl)cc2)cc1Cl. The molecule has 184 valence electrons. The van der Waals surface area contributed by atoms with Crippen molar-refractivity contribution in [1.29, 1.82) is 0 Å². The van der Waals surface area contributed by atoms with Crippen LogP contribution in [0.1, 0.15) is 25.7 Å². The van der Waals surface area contributed by atoms with Crippen molar-refractivity contribution in [3.63, 3.8) is 0 Å². The fourth-order valence-electron chi connectivity index (χ4n) is 5.00. The molecule has 0 spiro atoms. The molecule has 3 heterocycles. The molecule has 2 aromatic carbocycles. The zero-order valence-corrected chi connectivity index (χ0v) is 20.3. The first kappa shape index (κ1) is 23.7. The van der Waals surface area contributed by atoms with Gasteiger partial charge in [-0.1, -0.05) is 23.2 Å². The van der Waals surface area contributed by atoms with Crippen molar-refractivity contribution in [1.82, 2.24) is 10.0 Å². The molecule has 4 fully saturated rings. The number of halogens is 2. The minimum absolute atomic E-state index is 0.0356. The Labute approximate surface area is 212 Å². The van der Waals surface area contributed by atoms with Gasteiger partial charge in [0.05, 0.1) is 29.9 Å². The van der Waals surface area contributed by atoms with Gasteiger partial charge in [-0.3, -0.25) is 4.79 Å². The number of aliphatic hydroxyl groups excluding tert-OH is 1. The van der Waals surface area contributed by atoms with E-state index in [1.54, 1.807) is 47.4 Å². The largest absolute Gasteiger partial charge is 0.389 e. The third kappa shape index (κ3) is 4.76. The van der Waals surface area contributed by atoms with Crippen molar-refractivity contribution in [3.05, 3.63) is 52.5 Å². The molecule has 3 saturated heterocycles. The number of hydrazine groups is 1. The van der Waals surface area contributed by atoms with Gasteiger partial charge in [0.2, 0.25) is 5.91 Å². The number of aliphatic hydroxyl groups is 1. The van der Waals surface area contributed by atoms with Crippen LogP contribution in [0.5, 0.6) is 0 Å². The number of hydrogen-bond acceptors (Lipinski definition) is 4. The van der Waals surface area contributed by atoms with Gasteiger partial charge in [-0.2, -0.15) is 0 Å². The topological polar surface area (TPSA) is 105 Å². The first-order valence-corrected chi connectivity index (χ1v) is 12.3. The lowest BCUT2D eigenvalue weighted by molar-refractivity contribution is -0.126. The van der Waals surface area contributed by atoms with Gasteiger partial charge < -0.3 is 20.6 Å². The smallest absolute Gasteiger partial charge is 0.340 e. The van der Waals surface area contributed by atoms with E-state index < -0.39 is 18.2 Å². The quantitative estimate of drug-likeness (QED) is 0.554. The molecule has 35 heavy (non-hydrogen) atoms. The number of carbonyl (C=O) groups excluding carboxylic acids is 3. The van der Waals surface area contributed by atoms with Crippen molar-refractivity contribution < 1.29 is 19.5 Å². The summed E-state index contributed by atoms with van der Waals surface area (Å²) in [7, 11) is 0. The number of piperidine rings is 2. The van der Waals surface area contributed by atoms with Gasteiger partial charge >= 0.3 is 12.1 Å². The van der Waals surface area contributed by atoms with Crippen LogP contribution in [0.25, 0.3) is 0 Å². The molecule has 1 saturated carbocycles. The number of nitrogens with zero attached hydrogens (tertiary/aromatic N) is 3. The highest BCUT2D eigenvalue weighted by Crippen LogP contribution is 2.41. The molecule has 9 nitrogen and oxygen atoms in total. The van der Waals surface area contributed by atoms with Gasteiger partial charge in [-0.05, 0) is 68.1 Å². The van der Waals surface area contributed by atoms with Gasteiger partial charge in [-0.15, -0.1) is 0 Å². The zero-order valence-electron chi connectivity index (χ0n) is 18.8. The van der Waals surface area contributed by atoms with E-state index in [2.05, 4.69) is 10.6 Å². The summed E-state index contributed by atoms with van der Waals surface area (Å²) in [6.07, 6.45) is 2.90. The molecule has 2 bridgehead atoms. The predicted octanol–water partition coefficient (Wildman–Crippen LogP) is 4.56. The summed E-state index contributed by atoms with van der Waals surface area (Å²) in [5.41, 5.74) is 1.56. The summed E-state index contributed by atoms with van der Waals surface area (Å²) >= 11 is 12.4. The van der Waals surface area contributed by atoms with E-state index in [9.17, 15) is 19.5 Å². The molecule has 3 aliphatic heterocycles. The summed E-state index contributed by atoms with van der Waals surface area (Å²) in [5, 5.41) is 18.7. The highest BCUT2D eigenvalue weighted by molar-refractivity contribution is 6.34. The summed E-state index contributed by atoms with van der Waals surface area (Å²) in [6.45, 7) is -0.0802. The van der Waals surface area contributed by atoms with Gasteiger partial charge in [0.15, 0.2) is 0 Å². The van der Waals surface area contributed by atoms with Crippen molar-refractivity contribution in [2.24, 2.45) is 5.92 Å². The molecule has 1 aliphatic carbocycles. The number of carbonyl (C=O) groups is 3. The number of anilines is 3. The Bertz CT molecular complexity index is 1150. The molecule has 3 N–H and O–H groups in total. The second kappa shape index (κ2) is 9.56. The first-order chi connectivity index (χ1) is 16.8. The average molecular weight is 518 g/mol. The van der Waals surface area contributed by atoms with Crippen LogP contribution < -0.4 is 15.5 Å². The van der Waals surface area contributed by atoms with Crippen LogP contribution in [0, 0.1) is 5.92 Å². The van der Waals surface area contributed by atoms with Gasteiger partial charge in [0, 0.05) is 28.4 Å².